The summed E-state index contributed by atoms with van der Waals surface area (Å²) in [6, 6.07) is 9.28. The van der Waals surface area contributed by atoms with Crippen molar-refractivity contribution < 1.29 is 14.8 Å². The fourth-order valence-corrected chi connectivity index (χ4v) is 2.65. The molecule has 126 valence electrons. The van der Waals surface area contributed by atoms with Crippen molar-refractivity contribution in [2.75, 3.05) is 11.9 Å². The van der Waals surface area contributed by atoms with Crippen LogP contribution < -0.4 is 10.0 Å². The first-order chi connectivity index (χ1) is 11.9. The number of likely N-dealkylation sites (N-methyl/N-ethyl adjacent to an activating group) is 1. The van der Waals surface area contributed by atoms with E-state index in [1.165, 1.54) is 11.0 Å². The zero-order valence-corrected chi connectivity index (χ0v) is 13.6. The monoisotopic (exact) mass is 357 g/mol. The molecule has 0 fully saturated rings. The van der Waals surface area contributed by atoms with Crippen molar-refractivity contribution in [2.24, 2.45) is 10.2 Å². The Morgan fingerprint density at radius 2 is 2.00 bits per heavy atom. The molecule has 25 heavy (non-hydrogen) atoms. The van der Waals surface area contributed by atoms with Gasteiger partial charge in [0.2, 0.25) is 0 Å². The van der Waals surface area contributed by atoms with Crippen LogP contribution in [0.1, 0.15) is 11.1 Å². The number of benzene rings is 2. The standard InChI is InChI=1S/C16H11ClN4O4/c1-20-12-5-3-2-4-11(12)14(16(20)23)19-18-8-9-6-10(17)7-13(15(9)22)21(24)25/h2-8,22H,1H3/p-1/b18-8-,19-14+. The van der Waals surface area contributed by atoms with E-state index in [0.717, 1.165) is 12.3 Å². The van der Waals surface area contributed by atoms with Crippen molar-refractivity contribution in [3.63, 3.8) is 0 Å². The molecule has 0 atom stereocenters. The van der Waals surface area contributed by atoms with E-state index in [2.05, 4.69) is 10.2 Å². The van der Waals surface area contributed by atoms with Crippen molar-refractivity contribution >= 4 is 40.8 Å². The van der Waals surface area contributed by atoms with Gasteiger partial charge in [-0.15, -0.1) is 5.10 Å². The molecule has 0 saturated heterocycles. The Balaban J connectivity index is 1.98. The third-order valence-corrected chi connectivity index (χ3v) is 3.86. The lowest BCUT2D eigenvalue weighted by atomic mass is 10.1. The van der Waals surface area contributed by atoms with Gasteiger partial charge in [0.25, 0.3) is 11.6 Å². The average Bonchev–Trinajstić information content (AvgIpc) is 2.82. The number of halogens is 1. The second kappa shape index (κ2) is 6.33. The highest BCUT2D eigenvalue weighted by Crippen LogP contribution is 2.30. The molecule has 1 amide bonds. The Kier molecular flexibility index (Phi) is 4.20. The molecule has 8 nitrogen and oxygen atoms in total. The number of anilines is 1. The van der Waals surface area contributed by atoms with Gasteiger partial charge in [0.05, 0.1) is 16.8 Å². The smallest absolute Gasteiger partial charge is 0.279 e. The van der Waals surface area contributed by atoms with E-state index in [0.29, 0.717) is 11.3 Å². The molecule has 3 rings (SSSR count). The van der Waals surface area contributed by atoms with Crippen LogP contribution >= 0.6 is 11.6 Å². The molecule has 0 saturated carbocycles. The summed E-state index contributed by atoms with van der Waals surface area (Å²) < 4.78 is 0. The lowest BCUT2D eigenvalue weighted by Crippen LogP contribution is -2.25. The summed E-state index contributed by atoms with van der Waals surface area (Å²) in [7, 11) is 1.61. The minimum Gasteiger partial charge on any atom is -0.867 e. The first-order valence-corrected chi connectivity index (χ1v) is 7.41. The Morgan fingerprint density at radius 3 is 2.72 bits per heavy atom. The third-order valence-electron chi connectivity index (χ3n) is 3.64. The number of carbonyl (C=O) groups excluding carboxylic acids is 1. The van der Waals surface area contributed by atoms with Crippen LogP contribution in [-0.4, -0.2) is 29.8 Å². The number of hydrogen-bond donors (Lipinski definition) is 0. The topological polar surface area (TPSA) is 111 Å². The van der Waals surface area contributed by atoms with Gasteiger partial charge >= 0.3 is 0 Å². The van der Waals surface area contributed by atoms with Crippen LogP contribution in [0.3, 0.4) is 0 Å². The van der Waals surface area contributed by atoms with Gasteiger partial charge in [-0.05, 0) is 23.4 Å². The van der Waals surface area contributed by atoms with E-state index in [1.54, 1.807) is 31.3 Å². The second-order valence-corrected chi connectivity index (χ2v) is 5.61. The second-order valence-electron chi connectivity index (χ2n) is 5.17. The van der Waals surface area contributed by atoms with Gasteiger partial charge < -0.3 is 10.0 Å². The maximum atomic E-state index is 12.2. The minimum absolute atomic E-state index is 0.0300. The molecular weight excluding hydrogens is 348 g/mol. The molecule has 1 heterocycles. The van der Waals surface area contributed by atoms with Crippen molar-refractivity contribution in [1.82, 2.24) is 0 Å². The van der Waals surface area contributed by atoms with Crippen molar-refractivity contribution in [1.29, 1.82) is 0 Å². The number of rotatable bonds is 3. The number of fused-ring (bicyclic) bond motifs is 1. The van der Waals surface area contributed by atoms with Gasteiger partial charge in [-0.1, -0.05) is 29.8 Å². The third kappa shape index (κ3) is 2.94. The molecule has 0 spiro atoms. The van der Waals surface area contributed by atoms with E-state index in [1.807, 2.05) is 0 Å². The van der Waals surface area contributed by atoms with E-state index >= 15 is 0 Å². The highest BCUT2D eigenvalue weighted by atomic mass is 35.5. The molecule has 0 aromatic heterocycles. The molecule has 0 radical (unpaired) electrons. The summed E-state index contributed by atoms with van der Waals surface area (Å²) in [6.07, 6.45) is 1.04. The van der Waals surface area contributed by atoms with Crippen molar-refractivity contribution in [3.8, 4) is 5.75 Å². The fourth-order valence-electron chi connectivity index (χ4n) is 2.43. The van der Waals surface area contributed by atoms with Crippen LogP contribution in [0.4, 0.5) is 11.4 Å². The Morgan fingerprint density at radius 1 is 1.28 bits per heavy atom. The highest BCUT2D eigenvalue weighted by molar-refractivity contribution is 6.54. The first-order valence-electron chi connectivity index (χ1n) is 7.03. The van der Waals surface area contributed by atoms with E-state index in [-0.39, 0.29) is 22.2 Å². The van der Waals surface area contributed by atoms with Gasteiger partial charge in [0.1, 0.15) is 0 Å². The van der Waals surface area contributed by atoms with Gasteiger partial charge in [-0.2, -0.15) is 5.10 Å². The molecule has 2 aromatic rings. The number of nitro benzene ring substituents is 1. The zero-order chi connectivity index (χ0) is 18.1. The van der Waals surface area contributed by atoms with Gasteiger partial charge in [-0.25, -0.2) is 0 Å². The Hall–Kier alpha value is -3.26. The lowest BCUT2D eigenvalue weighted by Gasteiger charge is -2.10. The SMILES string of the molecule is CN1C(=O)/C(=N/N=C\c2cc(Cl)cc([N+](=O)[O-])c2[O-])c2ccccc21. The van der Waals surface area contributed by atoms with E-state index < -0.39 is 16.4 Å². The van der Waals surface area contributed by atoms with Crippen LogP contribution in [0.5, 0.6) is 5.75 Å². The highest BCUT2D eigenvalue weighted by Gasteiger charge is 2.30. The molecule has 1 aliphatic heterocycles. The maximum absolute atomic E-state index is 12.2. The number of nitro groups is 1. The normalized spacial score (nSPS) is 15.2. The predicted molar refractivity (Wildman–Crippen MR) is 91.5 cm³/mol. The van der Waals surface area contributed by atoms with Gasteiger partial charge in [0.15, 0.2) is 5.71 Å². The number of nitrogens with zero attached hydrogens (tertiary/aromatic N) is 4. The van der Waals surface area contributed by atoms with Crippen LogP contribution in [-0.2, 0) is 4.79 Å². The summed E-state index contributed by atoms with van der Waals surface area (Å²) in [6.45, 7) is 0. The average molecular weight is 358 g/mol. The number of para-hydroxylation sites is 1. The largest absolute Gasteiger partial charge is 0.867 e. The fraction of sp³-hybridized carbons (Fsp3) is 0.0625. The maximum Gasteiger partial charge on any atom is 0.279 e. The molecular formula is C16H10ClN4O4-. The van der Waals surface area contributed by atoms with Crippen LogP contribution in [0.15, 0.2) is 46.6 Å². The summed E-state index contributed by atoms with van der Waals surface area (Å²) in [5, 5.41) is 30.5. The Labute approximate surface area is 146 Å². The van der Waals surface area contributed by atoms with Gasteiger partial charge in [-0.3, -0.25) is 14.9 Å². The summed E-state index contributed by atoms with van der Waals surface area (Å²) in [5.74, 6) is -1.16. The molecule has 2 aromatic carbocycles. The Bertz CT molecular complexity index is 955. The van der Waals surface area contributed by atoms with Crippen molar-refractivity contribution in [3.05, 3.63) is 62.7 Å². The number of carbonyl (C=O) groups is 1. The van der Waals surface area contributed by atoms with E-state index in [9.17, 15) is 20.0 Å². The van der Waals surface area contributed by atoms with Crippen LogP contribution in [0.2, 0.25) is 5.02 Å². The summed E-state index contributed by atoms with van der Waals surface area (Å²) in [5.41, 5.74) is 0.702. The quantitative estimate of drug-likeness (QED) is 0.475. The molecule has 1 aliphatic rings. The minimum atomic E-state index is -0.825. The molecule has 0 aliphatic carbocycles. The predicted octanol–water partition coefficient (Wildman–Crippen LogP) is 2.12. The van der Waals surface area contributed by atoms with Crippen molar-refractivity contribution in [2.45, 2.75) is 0 Å². The molecule has 0 unspecified atom stereocenters. The summed E-state index contributed by atoms with van der Waals surface area (Å²) >= 11 is 5.78. The van der Waals surface area contributed by atoms with Crippen LogP contribution in [0.25, 0.3) is 0 Å². The molecule has 0 N–H and O–H groups in total. The number of hydrogen-bond acceptors (Lipinski definition) is 6. The lowest BCUT2D eigenvalue weighted by molar-refractivity contribution is -0.398. The van der Waals surface area contributed by atoms with Gasteiger partial charge in [0, 0.05) is 23.7 Å². The van der Waals surface area contributed by atoms with E-state index in [4.69, 9.17) is 11.6 Å². The zero-order valence-electron chi connectivity index (χ0n) is 12.8. The summed E-state index contributed by atoms with van der Waals surface area (Å²) in [4.78, 5) is 23.7. The first kappa shape index (κ1) is 16.6. The number of amides is 1. The van der Waals surface area contributed by atoms with Crippen LogP contribution in [0, 0.1) is 10.1 Å². The molecule has 9 heteroatoms. The molecule has 0 bridgehead atoms.